The molecule has 0 aliphatic carbocycles. The zero-order valence-electron chi connectivity index (χ0n) is 14.7. The summed E-state index contributed by atoms with van der Waals surface area (Å²) >= 11 is 0. The van der Waals surface area contributed by atoms with Crippen molar-refractivity contribution in [2.75, 3.05) is 46.4 Å². The molecule has 0 spiro atoms. The fraction of sp³-hybridized carbons (Fsp3) is 0.611. The van der Waals surface area contributed by atoms with Gasteiger partial charge in [-0.05, 0) is 25.0 Å². The van der Waals surface area contributed by atoms with Gasteiger partial charge < -0.3 is 29.7 Å². The molecule has 7 nitrogen and oxygen atoms in total. The maximum Gasteiger partial charge on any atom is 0.317 e. The molecular weight excluding hydrogens is 322 g/mol. The summed E-state index contributed by atoms with van der Waals surface area (Å²) in [4.78, 5) is 15.9. The summed E-state index contributed by atoms with van der Waals surface area (Å²) < 4.78 is 10.9. The van der Waals surface area contributed by atoms with Crippen molar-refractivity contribution in [2.45, 2.75) is 25.0 Å². The smallest absolute Gasteiger partial charge is 0.317 e. The van der Waals surface area contributed by atoms with Crippen molar-refractivity contribution >= 4 is 6.03 Å². The van der Waals surface area contributed by atoms with E-state index in [9.17, 15) is 9.90 Å². The van der Waals surface area contributed by atoms with Gasteiger partial charge >= 0.3 is 6.03 Å². The van der Waals surface area contributed by atoms with Crippen LogP contribution in [0.15, 0.2) is 24.3 Å². The molecule has 2 amide bonds. The van der Waals surface area contributed by atoms with Crippen molar-refractivity contribution < 1.29 is 19.4 Å². The van der Waals surface area contributed by atoms with E-state index in [1.807, 2.05) is 29.2 Å². The van der Waals surface area contributed by atoms with Gasteiger partial charge in [0, 0.05) is 38.8 Å². The maximum absolute atomic E-state index is 11.7. The highest BCUT2D eigenvalue weighted by atomic mass is 16.5. The second-order valence-corrected chi connectivity index (χ2v) is 6.57. The number of β-amino-alcohol motifs (C(OH)–C–C–N with tert-alkyl or cyclic N) is 1. The molecule has 25 heavy (non-hydrogen) atoms. The molecule has 0 aromatic heterocycles. The lowest BCUT2D eigenvalue weighted by molar-refractivity contribution is 0.0502. The van der Waals surface area contributed by atoms with Crippen molar-refractivity contribution in [1.82, 2.24) is 15.1 Å². The van der Waals surface area contributed by atoms with Crippen molar-refractivity contribution in [3.63, 3.8) is 0 Å². The first kappa shape index (κ1) is 17.8. The standard InChI is InChI=1S/C18H27N3O4/c1-24-16-4-2-3-5-17(16)25-13-15(22)12-20-9-6-14(7-10-20)21-11-8-19-18(21)23/h2-5,14-15,22H,6-13H2,1H3,(H,19,23). The number of hydrogen-bond donors (Lipinski definition) is 2. The summed E-state index contributed by atoms with van der Waals surface area (Å²) in [6.45, 7) is 4.14. The van der Waals surface area contributed by atoms with Gasteiger partial charge in [0.15, 0.2) is 11.5 Å². The van der Waals surface area contributed by atoms with E-state index < -0.39 is 6.10 Å². The quantitative estimate of drug-likeness (QED) is 0.766. The highest BCUT2D eigenvalue weighted by Crippen LogP contribution is 2.26. The molecule has 2 aliphatic heterocycles. The van der Waals surface area contributed by atoms with Crippen LogP contribution in [0, 0.1) is 0 Å². The number of ether oxygens (including phenoxy) is 2. The van der Waals surface area contributed by atoms with Gasteiger partial charge in [-0.25, -0.2) is 4.79 Å². The minimum absolute atomic E-state index is 0.0590. The third-order valence-corrected chi connectivity index (χ3v) is 4.86. The van der Waals surface area contributed by atoms with E-state index >= 15 is 0 Å². The summed E-state index contributed by atoms with van der Waals surface area (Å²) in [7, 11) is 1.60. The van der Waals surface area contributed by atoms with Gasteiger partial charge in [0.25, 0.3) is 0 Å². The average Bonchev–Trinajstić information content (AvgIpc) is 3.07. The van der Waals surface area contributed by atoms with Crippen LogP contribution in [0.1, 0.15) is 12.8 Å². The Labute approximate surface area is 148 Å². The predicted octanol–water partition coefficient (Wildman–Crippen LogP) is 0.924. The zero-order valence-corrected chi connectivity index (χ0v) is 14.7. The lowest BCUT2D eigenvalue weighted by Crippen LogP contribution is -2.48. The Kier molecular flexibility index (Phi) is 5.99. The minimum atomic E-state index is -0.559. The third-order valence-electron chi connectivity index (χ3n) is 4.86. The second kappa shape index (κ2) is 8.40. The second-order valence-electron chi connectivity index (χ2n) is 6.57. The number of aliphatic hydroxyl groups excluding tert-OH is 1. The Hall–Kier alpha value is -1.99. The summed E-state index contributed by atoms with van der Waals surface area (Å²) in [6.07, 6.45) is 1.35. The molecule has 2 saturated heterocycles. The van der Waals surface area contributed by atoms with E-state index in [1.54, 1.807) is 7.11 Å². The number of likely N-dealkylation sites (tertiary alicyclic amines) is 1. The van der Waals surface area contributed by atoms with Crippen molar-refractivity contribution in [2.24, 2.45) is 0 Å². The number of rotatable bonds is 7. The van der Waals surface area contributed by atoms with Crippen molar-refractivity contribution in [3.05, 3.63) is 24.3 Å². The number of nitrogens with zero attached hydrogens (tertiary/aromatic N) is 2. The number of urea groups is 1. The average molecular weight is 349 g/mol. The number of benzene rings is 1. The number of amides is 2. The van der Waals surface area contributed by atoms with Crippen LogP contribution < -0.4 is 14.8 Å². The fourth-order valence-corrected chi connectivity index (χ4v) is 3.52. The number of carbonyl (C=O) groups is 1. The molecule has 7 heteroatoms. The molecule has 138 valence electrons. The van der Waals surface area contributed by atoms with Crippen LogP contribution in [0.5, 0.6) is 11.5 Å². The van der Waals surface area contributed by atoms with Gasteiger partial charge in [-0.15, -0.1) is 0 Å². The SMILES string of the molecule is COc1ccccc1OCC(O)CN1CCC(N2CCNC2=O)CC1. The van der Waals surface area contributed by atoms with Crippen LogP contribution >= 0.6 is 0 Å². The first-order valence-corrected chi connectivity index (χ1v) is 8.88. The topological polar surface area (TPSA) is 74.3 Å². The Morgan fingerprint density at radius 1 is 1.24 bits per heavy atom. The molecule has 2 aliphatic rings. The van der Waals surface area contributed by atoms with Gasteiger partial charge in [0.05, 0.1) is 7.11 Å². The molecule has 0 saturated carbocycles. The Bertz CT molecular complexity index is 575. The molecule has 2 fully saturated rings. The Balaban J connectivity index is 1.40. The van der Waals surface area contributed by atoms with Crippen LogP contribution in [-0.4, -0.2) is 79.5 Å². The zero-order chi connectivity index (χ0) is 17.6. The number of para-hydroxylation sites is 2. The monoisotopic (exact) mass is 349 g/mol. The highest BCUT2D eigenvalue weighted by Gasteiger charge is 2.31. The van der Waals surface area contributed by atoms with E-state index in [0.717, 1.165) is 39.0 Å². The van der Waals surface area contributed by atoms with Gasteiger partial charge in [0.2, 0.25) is 0 Å². The first-order chi connectivity index (χ1) is 12.2. The molecular formula is C18H27N3O4. The summed E-state index contributed by atoms with van der Waals surface area (Å²) in [5.74, 6) is 1.31. The molecule has 1 aromatic rings. The third kappa shape index (κ3) is 4.55. The summed E-state index contributed by atoms with van der Waals surface area (Å²) in [6, 6.07) is 7.81. The molecule has 1 atom stereocenters. The van der Waals surface area contributed by atoms with E-state index in [1.165, 1.54) is 0 Å². The molecule has 3 rings (SSSR count). The number of carbonyl (C=O) groups excluding carboxylic acids is 1. The van der Waals surface area contributed by atoms with Crippen LogP contribution in [0.25, 0.3) is 0 Å². The number of hydrogen-bond acceptors (Lipinski definition) is 5. The molecule has 2 N–H and O–H groups in total. The van der Waals surface area contributed by atoms with Crippen molar-refractivity contribution in [3.8, 4) is 11.5 Å². The predicted molar refractivity (Wildman–Crippen MR) is 94.1 cm³/mol. The lowest BCUT2D eigenvalue weighted by Gasteiger charge is -2.36. The number of aliphatic hydroxyl groups is 1. The minimum Gasteiger partial charge on any atom is -0.493 e. The van der Waals surface area contributed by atoms with E-state index in [0.29, 0.717) is 24.1 Å². The number of methoxy groups -OCH3 is 1. The Morgan fingerprint density at radius 2 is 1.96 bits per heavy atom. The molecule has 1 aromatic carbocycles. The fourth-order valence-electron chi connectivity index (χ4n) is 3.52. The summed E-state index contributed by atoms with van der Waals surface area (Å²) in [5.41, 5.74) is 0. The largest absolute Gasteiger partial charge is 0.493 e. The summed E-state index contributed by atoms with van der Waals surface area (Å²) in [5, 5.41) is 13.1. The normalized spacial score (nSPS) is 20.4. The van der Waals surface area contributed by atoms with E-state index in [-0.39, 0.29) is 12.6 Å². The van der Waals surface area contributed by atoms with Gasteiger partial charge in [0.1, 0.15) is 12.7 Å². The lowest BCUT2D eigenvalue weighted by atomic mass is 10.0. The van der Waals surface area contributed by atoms with Crippen LogP contribution in [0.4, 0.5) is 4.79 Å². The van der Waals surface area contributed by atoms with E-state index in [4.69, 9.17) is 9.47 Å². The highest BCUT2D eigenvalue weighted by molar-refractivity contribution is 5.76. The van der Waals surface area contributed by atoms with Gasteiger partial charge in [-0.3, -0.25) is 0 Å². The van der Waals surface area contributed by atoms with Gasteiger partial charge in [-0.2, -0.15) is 0 Å². The number of piperidine rings is 1. The van der Waals surface area contributed by atoms with Crippen LogP contribution in [0.3, 0.4) is 0 Å². The maximum atomic E-state index is 11.7. The molecule has 0 bridgehead atoms. The van der Waals surface area contributed by atoms with E-state index in [2.05, 4.69) is 10.2 Å². The van der Waals surface area contributed by atoms with Crippen LogP contribution in [-0.2, 0) is 0 Å². The first-order valence-electron chi connectivity index (χ1n) is 8.88. The molecule has 1 unspecified atom stereocenters. The Morgan fingerprint density at radius 3 is 2.60 bits per heavy atom. The molecule has 2 heterocycles. The van der Waals surface area contributed by atoms with Crippen LogP contribution in [0.2, 0.25) is 0 Å². The molecule has 0 radical (unpaired) electrons. The number of nitrogens with one attached hydrogen (secondary N) is 1. The van der Waals surface area contributed by atoms with Gasteiger partial charge in [-0.1, -0.05) is 12.1 Å². The van der Waals surface area contributed by atoms with Crippen molar-refractivity contribution in [1.29, 1.82) is 0 Å².